The van der Waals surface area contributed by atoms with Gasteiger partial charge in [0.25, 0.3) is 0 Å². The number of rotatable bonds is 0. The third-order valence-corrected chi connectivity index (χ3v) is 2.55. The monoisotopic (exact) mass is 201 g/mol. The zero-order valence-corrected chi connectivity index (χ0v) is 7.78. The lowest BCUT2D eigenvalue weighted by Crippen LogP contribution is -1.87. The van der Waals surface area contributed by atoms with Crippen LogP contribution in [0.5, 0.6) is 0 Å². The summed E-state index contributed by atoms with van der Waals surface area (Å²) in [6.45, 7) is 0. The summed E-state index contributed by atoms with van der Waals surface area (Å²) in [5.41, 5.74) is 12.0. The summed E-state index contributed by atoms with van der Waals surface area (Å²) in [5.74, 6) is 0. The second-order valence-corrected chi connectivity index (χ2v) is 3.34. The van der Waals surface area contributed by atoms with E-state index in [1.807, 2.05) is 6.07 Å². The fourth-order valence-electron chi connectivity index (χ4n) is 0.990. The Bertz CT molecular complexity index is 398. The highest BCUT2D eigenvalue weighted by atomic mass is 35.5. The molecule has 2 aromatic heterocycles. The zero-order valence-electron chi connectivity index (χ0n) is 6.15. The van der Waals surface area contributed by atoms with Gasteiger partial charge >= 0.3 is 0 Å². The van der Waals surface area contributed by atoms with Gasteiger partial charge in [0, 0.05) is 17.8 Å². The molecule has 0 radical (unpaired) electrons. The van der Waals surface area contributed by atoms with Crippen LogP contribution < -0.4 is 11.5 Å². The van der Waals surface area contributed by atoms with E-state index in [0.717, 1.165) is 10.1 Å². The lowest BCUT2D eigenvalue weighted by molar-refractivity contribution is 1.37. The maximum absolute atomic E-state index is 5.70. The summed E-state index contributed by atoms with van der Waals surface area (Å²) in [5, 5.41) is 1.68. The summed E-state index contributed by atoms with van der Waals surface area (Å²) in [4.78, 5) is 3.97. The van der Waals surface area contributed by atoms with Crippen LogP contribution in [0.4, 0.5) is 10.7 Å². The average molecular weight is 202 g/mol. The van der Waals surface area contributed by atoms with Crippen molar-refractivity contribution in [1.82, 2.24) is 4.98 Å². The average Bonchev–Trinajstić information content (AvgIpc) is 2.30. The SMILES string of the molecule is Cl.Nc1sc2cnccc2c1N. The van der Waals surface area contributed by atoms with Gasteiger partial charge in [-0.3, -0.25) is 4.98 Å². The Balaban J connectivity index is 0.000000720. The van der Waals surface area contributed by atoms with Crippen LogP contribution in [0.1, 0.15) is 0 Å². The molecule has 0 bridgehead atoms. The van der Waals surface area contributed by atoms with E-state index in [-0.39, 0.29) is 12.4 Å². The first kappa shape index (κ1) is 9.09. The molecular formula is C7H8ClN3S. The molecule has 2 aromatic rings. The number of anilines is 2. The van der Waals surface area contributed by atoms with Crippen molar-refractivity contribution in [2.24, 2.45) is 0 Å². The largest absolute Gasteiger partial charge is 0.396 e. The number of fused-ring (bicyclic) bond motifs is 1. The van der Waals surface area contributed by atoms with E-state index in [0.29, 0.717) is 10.7 Å². The molecule has 0 atom stereocenters. The minimum absolute atomic E-state index is 0. The van der Waals surface area contributed by atoms with Gasteiger partial charge in [-0.05, 0) is 6.07 Å². The quantitative estimate of drug-likeness (QED) is 0.684. The van der Waals surface area contributed by atoms with Crippen molar-refractivity contribution in [1.29, 1.82) is 0 Å². The van der Waals surface area contributed by atoms with Gasteiger partial charge in [-0.25, -0.2) is 0 Å². The molecule has 64 valence electrons. The number of hydrogen-bond donors (Lipinski definition) is 2. The molecule has 0 unspecified atom stereocenters. The van der Waals surface area contributed by atoms with Gasteiger partial charge in [0.2, 0.25) is 0 Å². The number of nitrogen functional groups attached to an aromatic ring is 2. The summed E-state index contributed by atoms with van der Waals surface area (Å²) in [7, 11) is 0. The molecule has 0 fully saturated rings. The predicted molar refractivity (Wildman–Crippen MR) is 55.7 cm³/mol. The van der Waals surface area contributed by atoms with Crippen molar-refractivity contribution >= 4 is 44.5 Å². The van der Waals surface area contributed by atoms with E-state index in [4.69, 9.17) is 11.5 Å². The third kappa shape index (κ3) is 1.19. The van der Waals surface area contributed by atoms with Gasteiger partial charge in [-0.15, -0.1) is 23.7 Å². The molecule has 0 saturated heterocycles. The molecular weight excluding hydrogens is 194 g/mol. The maximum Gasteiger partial charge on any atom is 0.110 e. The van der Waals surface area contributed by atoms with Crippen molar-refractivity contribution in [2.45, 2.75) is 0 Å². The second-order valence-electron chi connectivity index (χ2n) is 2.25. The molecule has 12 heavy (non-hydrogen) atoms. The van der Waals surface area contributed by atoms with Crippen LogP contribution >= 0.6 is 23.7 Å². The van der Waals surface area contributed by atoms with E-state index in [1.54, 1.807) is 12.4 Å². The normalized spacial score (nSPS) is 9.67. The van der Waals surface area contributed by atoms with Crippen LogP contribution in [0.2, 0.25) is 0 Å². The van der Waals surface area contributed by atoms with E-state index >= 15 is 0 Å². The first-order valence-electron chi connectivity index (χ1n) is 3.16. The summed E-state index contributed by atoms with van der Waals surface area (Å²) in [6.07, 6.45) is 3.48. The van der Waals surface area contributed by atoms with Crippen LogP contribution in [0, 0.1) is 0 Å². The number of aromatic nitrogens is 1. The molecule has 0 aliphatic carbocycles. The smallest absolute Gasteiger partial charge is 0.110 e. The lowest BCUT2D eigenvalue weighted by Gasteiger charge is -1.88. The van der Waals surface area contributed by atoms with Crippen LogP contribution in [-0.4, -0.2) is 4.98 Å². The Hall–Kier alpha value is -1.00. The lowest BCUT2D eigenvalue weighted by atomic mass is 10.3. The first-order valence-corrected chi connectivity index (χ1v) is 3.98. The summed E-state index contributed by atoms with van der Waals surface area (Å²) >= 11 is 1.47. The van der Waals surface area contributed by atoms with Crippen molar-refractivity contribution in [2.75, 3.05) is 11.5 Å². The molecule has 3 nitrogen and oxygen atoms in total. The van der Waals surface area contributed by atoms with Crippen LogP contribution in [0.3, 0.4) is 0 Å². The summed E-state index contributed by atoms with van der Waals surface area (Å²) in [6, 6.07) is 1.87. The standard InChI is InChI=1S/C7H7N3S.ClH/c8-6-4-1-2-10-3-5(4)11-7(6)9;/h1-3H,8-9H2;1H. The Morgan fingerprint density at radius 3 is 2.75 bits per heavy atom. The van der Waals surface area contributed by atoms with Gasteiger partial charge < -0.3 is 11.5 Å². The predicted octanol–water partition coefficient (Wildman–Crippen LogP) is 1.88. The molecule has 0 aliphatic heterocycles. The van der Waals surface area contributed by atoms with Crippen molar-refractivity contribution in [3.05, 3.63) is 18.5 Å². The van der Waals surface area contributed by atoms with Crippen molar-refractivity contribution in [3.63, 3.8) is 0 Å². The highest BCUT2D eigenvalue weighted by Crippen LogP contribution is 2.34. The molecule has 0 aromatic carbocycles. The van der Waals surface area contributed by atoms with E-state index in [2.05, 4.69) is 4.98 Å². The van der Waals surface area contributed by atoms with Gasteiger partial charge in [0.05, 0.1) is 10.4 Å². The molecule has 0 aliphatic rings. The van der Waals surface area contributed by atoms with Gasteiger partial charge in [0.15, 0.2) is 0 Å². The number of halogens is 1. The Kier molecular flexibility index (Phi) is 2.40. The fraction of sp³-hybridized carbons (Fsp3) is 0. The zero-order chi connectivity index (χ0) is 7.84. The van der Waals surface area contributed by atoms with Crippen LogP contribution in [-0.2, 0) is 0 Å². The van der Waals surface area contributed by atoms with E-state index in [1.165, 1.54) is 11.3 Å². The van der Waals surface area contributed by atoms with Crippen LogP contribution in [0.25, 0.3) is 10.1 Å². The molecule has 0 saturated carbocycles. The Morgan fingerprint density at radius 1 is 1.33 bits per heavy atom. The Morgan fingerprint density at radius 2 is 2.08 bits per heavy atom. The highest BCUT2D eigenvalue weighted by molar-refractivity contribution is 7.23. The maximum atomic E-state index is 5.70. The topological polar surface area (TPSA) is 64.9 Å². The fourth-order valence-corrected chi connectivity index (χ4v) is 1.85. The van der Waals surface area contributed by atoms with Crippen LogP contribution in [0.15, 0.2) is 18.5 Å². The Labute approximate surface area is 79.8 Å². The molecule has 0 spiro atoms. The van der Waals surface area contributed by atoms with Crippen molar-refractivity contribution < 1.29 is 0 Å². The van der Waals surface area contributed by atoms with Crippen molar-refractivity contribution in [3.8, 4) is 0 Å². The minimum atomic E-state index is 0. The number of nitrogens with two attached hydrogens (primary N) is 2. The second kappa shape index (κ2) is 3.16. The number of pyridine rings is 1. The van der Waals surface area contributed by atoms with E-state index < -0.39 is 0 Å². The van der Waals surface area contributed by atoms with Gasteiger partial charge in [-0.1, -0.05) is 0 Å². The minimum Gasteiger partial charge on any atom is -0.396 e. The first-order chi connectivity index (χ1) is 5.29. The highest BCUT2D eigenvalue weighted by Gasteiger charge is 2.04. The van der Waals surface area contributed by atoms with Gasteiger partial charge in [-0.2, -0.15) is 0 Å². The number of thiophene rings is 1. The molecule has 2 rings (SSSR count). The molecule has 2 heterocycles. The van der Waals surface area contributed by atoms with Gasteiger partial charge in [0.1, 0.15) is 5.00 Å². The number of hydrogen-bond acceptors (Lipinski definition) is 4. The molecule has 5 heteroatoms. The summed E-state index contributed by atoms with van der Waals surface area (Å²) < 4.78 is 1.04. The molecule has 0 amide bonds. The number of nitrogens with zero attached hydrogens (tertiary/aromatic N) is 1. The molecule has 4 N–H and O–H groups in total. The third-order valence-electron chi connectivity index (χ3n) is 1.56. The van der Waals surface area contributed by atoms with E-state index in [9.17, 15) is 0 Å².